The lowest BCUT2D eigenvalue weighted by atomic mass is 9.95. The first kappa shape index (κ1) is 14.6. The monoisotopic (exact) mass is 340 g/mol. The van der Waals surface area contributed by atoms with E-state index in [-0.39, 0.29) is 17.6 Å². The predicted molar refractivity (Wildman–Crippen MR) is 90.8 cm³/mol. The zero-order valence-corrected chi connectivity index (χ0v) is 13.8. The summed E-state index contributed by atoms with van der Waals surface area (Å²) >= 11 is 0. The second-order valence-corrected chi connectivity index (χ2v) is 6.21. The minimum atomic E-state index is -0.323. The second kappa shape index (κ2) is 5.13. The summed E-state index contributed by atoms with van der Waals surface area (Å²) in [6.07, 6.45) is 0.510. The van der Waals surface area contributed by atoms with Gasteiger partial charge in [-0.1, -0.05) is 6.07 Å². The van der Waals surface area contributed by atoms with Crippen molar-refractivity contribution in [1.29, 1.82) is 0 Å². The van der Waals surface area contributed by atoms with Gasteiger partial charge in [-0.25, -0.2) is 0 Å². The molecule has 1 saturated heterocycles. The smallest absolute Gasteiger partial charge is 0.208 e. The number of methoxy groups -OCH3 is 2. The standard InChI is InChI=1S/C19H16O6/c1-21-10-4-3-5-11-15(10)17(20)16-12(22-2)8-13-14(18(16)24-11)9-6-7-23-19(9)25-13/h3-5,8-9,19H,6-7H2,1-2H3. The van der Waals surface area contributed by atoms with Crippen LogP contribution in [0.4, 0.5) is 0 Å². The van der Waals surface area contributed by atoms with Gasteiger partial charge in [0.25, 0.3) is 0 Å². The van der Waals surface area contributed by atoms with E-state index in [1.165, 1.54) is 14.2 Å². The van der Waals surface area contributed by atoms with E-state index >= 15 is 0 Å². The molecule has 25 heavy (non-hydrogen) atoms. The normalized spacial score (nSPS) is 21.2. The van der Waals surface area contributed by atoms with E-state index in [0.29, 0.717) is 45.8 Å². The third-order valence-corrected chi connectivity index (χ3v) is 4.99. The van der Waals surface area contributed by atoms with Gasteiger partial charge in [-0.15, -0.1) is 0 Å². The molecule has 0 aliphatic carbocycles. The van der Waals surface area contributed by atoms with E-state index < -0.39 is 0 Å². The maximum Gasteiger partial charge on any atom is 0.208 e. The first-order valence-corrected chi connectivity index (χ1v) is 8.15. The predicted octanol–water partition coefficient (Wildman–Crippen LogP) is 3.19. The molecule has 6 nitrogen and oxygen atoms in total. The van der Waals surface area contributed by atoms with Crippen molar-refractivity contribution < 1.29 is 23.4 Å². The summed E-state index contributed by atoms with van der Waals surface area (Å²) in [7, 11) is 3.06. The molecule has 3 heterocycles. The first-order chi connectivity index (χ1) is 12.2. The van der Waals surface area contributed by atoms with Crippen LogP contribution in [0.15, 0.2) is 33.5 Å². The van der Waals surface area contributed by atoms with E-state index in [0.717, 1.165) is 12.0 Å². The number of hydrogen-bond donors (Lipinski definition) is 0. The summed E-state index contributed by atoms with van der Waals surface area (Å²) in [6.45, 7) is 0.633. The number of rotatable bonds is 2. The molecular formula is C19H16O6. The van der Waals surface area contributed by atoms with Crippen molar-refractivity contribution in [1.82, 2.24) is 0 Å². The van der Waals surface area contributed by atoms with Crippen LogP contribution < -0.4 is 19.6 Å². The van der Waals surface area contributed by atoms with Gasteiger partial charge in [-0.3, -0.25) is 4.79 Å². The number of ether oxygens (including phenoxy) is 4. The molecule has 128 valence electrons. The van der Waals surface area contributed by atoms with Gasteiger partial charge in [0.05, 0.1) is 26.7 Å². The molecule has 0 spiro atoms. The minimum absolute atomic E-state index is 0.0645. The van der Waals surface area contributed by atoms with Crippen molar-refractivity contribution >= 4 is 21.9 Å². The highest BCUT2D eigenvalue weighted by molar-refractivity contribution is 5.98. The molecule has 2 aromatic carbocycles. The van der Waals surface area contributed by atoms with Gasteiger partial charge in [0.1, 0.15) is 39.2 Å². The van der Waals surface area contributed by atoms with Crippen LogP contribution >= 0.6 is 0 Å². The Balaban J connectivity index is 1.96. The SMILES string of the molecule is COc1cccc2oc3c4c(cc(OC)c3c(=O)c12)OC1OCCC41. The summed E-state index contributed by atoms with van der Waals surface area (Å²) in [4.78, 5) is 13.2. The Morgan fingerprint density at radius 3 is 2.76 bits per heavy atom. The van der Waals surface area contributed by atoms with E-state index in [2.05, 4.69) is 0 Å². The van der Waals surface area contributed by atoms with Gasteiger partial charge < -0.3 is 23.4 Å². The highest BCUT2D eigenvalue weighted by atomic mass is 16.7. The fraction of sp³-hybridized carbons (Fsp3) is 0.316. The molecular weight excluding hydrogens is 324 g/mol. The molecule has 2 atom stereocenters. The third-order valence-electron chi connectivity index (χ3n) is 4.99. The van der Waals surface area contributed by atoms with Crippen LogP contribution in [0.5, 0.6) is 17.2 Å². The molecule has 0 amide bonds. The van der Waals surface area contributed by atoms with Gasteiger partial charge in [0, 0.05) is 11.6 Å². The Labute approximate surface area is 142 Å². The third kappa shape index (κ3) is 1.85. The fourth-order valence-electron chi connectivity index (χ4n) is 3.87. The van der Waals surface area contributed by atoms with Crippen LogP contribution in [-0.2, 0) is 4.74 Å². The van der Waals surface area contributed by atoms with Gasteiger partial charge >= 0.3 is 0 Å². The zero-order chi connectivity index (χ0) is 17.1. The van der Waals surface area contributed by atoms with E-state index in [9.17, 15) is 4.79 Å². The maximum absolute atomic E-state index is 13.2. The van der Waals surface area contributed by atoms with E-state index in [4.69, 9.17) is 23.4 Å². The Morgan fingerprint density at radius 2 is 1.96 bits per heavy atom. The quantitative estimate of drug-likeness (QED) is 0.668. The average Bonchev–Trinajstić information content (AvgIpc) is 3.20. The van der Waals surface area contributed by atoms with Crippen LogP contribution in [0.2, 0.25) is 0 Å². The Hall–Kier alpha value is -2.73. The number of fused-ring (bicyclic) bond motifs is 6. The molecule has 2 unspecified atom stereocenters. The molecule has 2 aliphatic heterocycles. The topological polar surface area (TPSA) is 67.1 Å². The van der Waals surface area contributed by atoms with Crippen molar-refractivity contribution in [3.63, 3.8) is 0 Å². The summed E-state index contributed by atoms with van der Waals surface area (Å²) in [5.41, 5.74) is 1.71. The van der Waals surface area contributed by atoms with Crippen LogP contribution in [0.3, 0.4) is 0 Å². The van der Waals surface area contributed by atoms with Crippen molar-refractivity contribution in [3.8, 4) is 17.2 Å². The molecule has 1 fully saturated rings. The van der Waals surface area contributed by atoms with Crippen LogP contribution in [0, 0.1) is 0 Å². The maximum atomic E-state index is 13.2. The summed E-state index contributed by atoms with van der Waals surface area (Å²) in [6, 6.07) is 7.06. The van der Waals surface area contributed by atoms with Crippen molar-refractivity contribution in [2.24, 2.45) is 0 Å². The Kier molecular flexibility index (Phi) is 3.00. The lowest BCUT2D eigenvalue weighted by Gasteiger charge is -2.12. The molecule has 1 aromatic heterocycles. The lowest BCUT2D eigenvalue weighted by molar-refractivity contribution is -0.0337. The first-order valence-electron chi connectivity index (χ1n) is 8.15. The van der Waals surface area contributed by atoms with E-state index in [1.807, 2.05) is 0 Å². The fourth-order valence-corrected chi connectivity index (χ4v) is 3.87. The zero-order valence-electron chi connectivity index (χ0n) is 13.8. The minimum Gasteiger partial charge on any atom is -0.496 e. The molecule has 3 aromatic rings. The Morgan fingerprint density at radius 1 is 1.12 bits per heavy atom. The molecule has 2 aliphatic rings. The number of hydrogen-bond acceptors (Lipinski definition) is 6. The summed E-state index contributed by atoms with van der Waals surface area (Å²) in [5.74, 6) is 1.63. The van der Waals surface area contributed by atoms with Gasteiger partial charge in [0.15, 0.2) is 0 Å². The molecule has 5 rings (SSSR count). The molecule has 0 N–H and O–H groups in total. The molecule has 6 heteroatoms. The van der Waals surface area contributed by atoms with Gasteiger partial charge in [0.2, 0.25) is 11.7 Å². The molecule has 0 saturated carbocycles. The molecule has 0 radical (unpaired) electrons. The summed E-state index contributed by atoms with van der Waals surface area (Å²) in [5, 5.41) is 0.822. The van der Waals surface area contributed by atoms with Crippen LogP contribution in [0.1, 0.15) is 17.9 Å². The van der Waals surface area contributed by atoms with Gasteiger partial charge in [-0.05, 0) is 18.6 Å². The van der Waals surface area contributed by atoms with E-state index in [1.54, 1.807) is 24.3 Å². The lowest BCUT2D eigenvalue weighted by Crippen LogP contribution is -2.13. The van der Waals surface area contributed by atoms with Crippen LogP contribution in [-0.4, -0.2) is 27.1 Å². The largest absolute Gasteiger partial charge is 0.496 e. The van der Waals surface area contributed by atoms with Crippen molar-refractivity contribution in [2.75, 3.05) is 20.8 Å². The van der Waals surface area contributed by atoms with Gasteiger partial charge in [-0.2, -0.15) is 0 Å². The average molecular weight is 340 g/mol. The highest BCUT2D eigenvalue weighted by Gasteiger charge is 2.42. The molecule has 0 bridgehead atoms. The highest BCUT2D eigenvalue weighted by Crippen LogP contribution is 2.50. The summed E-state index contributed by atoms with van der Waals surface area (Å²) < 4.78 is 28.5. The number of benzene rings is 2. The second-order valence-electron chi connectivity index (χ2n) is 6.21. The van der Waals surface area contributed by atoms with Crippen LogP contribution in [0.25, 0.3) is 21.9 Å². The van der Waals surface area contributed by atoms with Crippen molar-refractivity contribution in [3.05, 3.63) is 40.1 Å². The Bertz CT molecular complexity index is 1070. The van der Waals surface area contributed by atoms with Crippen molar-refractivity contribution in [2.45, 2.75) is 18.6 Å².